The zero-order valence-corrected chi connectivity index (χ0v) is 19.8. The van der Waals surface area contributed by atoms with Gasteiger partial charge in [-0.3, -0.25) is 0 Å². The molecule has 2 N–H and O–H groups in total. The first-order valence-corrected chi connectivity index (χ1v) is 12.0. The van der Waals surface area contributed by atoms with Gasteiger partial charge in [0.2, 0.25) is 5.71 Å². The zero-order valence-electron chi connectivity index (χ0n) is 19.0. The van der Waals surface area contributed by atoms with Gasteiger partial charge in [0.25, 0.3) is 0 Å². The molecule has 1 heterocycles. The third-order valence-corrected chi connectivity index (χ3v) is 6.19. The van der Waals surface area contributed by atoms with E-state index in [0.29, 0.717) is 11.6 Å². The zero-order chi connectivity index (χ0) is 24.5. The van der Waals surface area contributed by atoms with Crippen molar-refractivity contribution in [1.82, 2.24) is 4.98 Å². The van der Waals surface area contributed by atoms with Crippen LogP contribution in [0.2, 0.25) is 0 Å². The minimum absolute atomic E-state index is 0.228. The van der Waals surface area contributed by atoms with E-state index in [1.807, 2.05) is 54.6 Å². The molecule has 0 saturated carbocycles. The molecule has 7 heteroatoms. The number of carbonyl (C=O) groups is 1. The summed E-state index contributed by atoms with van der Waals surface area (Å²) < 4.78 is 0. The quantitative estimate of drug-likeness (QED) is 0.0908. The van der Waals surface area contributed by atoms with Gasteiger partial charge in [0.05, 0.1) is 0 Å². The minimum Gasteiger partial charge on any atom is -0.476 e. The number of carboxylic acid groups (broad SMARTS) is 1. The van der Waals surface area contributed by atoms with E-state index in [1.54, 1.807) is 11.5 Å². The topological polar surface area (TPSA) is 83.8 Å². The van der Waals surface area contributed by atoms with Gasteiger partial charge in [-0.15, -0.1) is 17.9 Å². The number of oxime groups is 1. The van der Waals surface area contributed by atoms with Crippen molar-refractivity contribution in [3.63, 3.8) is 0 Å². The maximum absolute atomic E-state index is 11.8. The van der Waals surface area contributed by atoms with Crippen molar-refractivity contribution in [2.45, 2.75) is 12.0 Å². The molecule has 176 valence electrons. The summed E-state index contributed by atoms with van der Waals surface area (Å²) in [5.41, 5.74) is 2.28. The summed E-state index contributed by atoms with van der Waals surface area (Å²) in [6.45, 7) is 3.86. The van der Waals surface area contributed by atoms with Crippen LogP contribution in [0.25, 0.3) is 0 Å². The molecule has 0 saturated heterocycles. The normalized spacial score (nSPS) is 11.6. The molecule has 0 fully saturated rings. The third-order valence-electron chi connectivity index (χ3n) is 5.43. The first kappa shape index (κ1) is 23.9. The van der Waals surface area contributed by atoms with E-state index >= 15 is 0 Å². The smallest absolute Gasteiger partial charge is 0.360 e. The number of aliphatic carboxylic acids is 1. The predicted molar refractivity (Wildman–Crippen MR) is 140 cm³/mol. The fraction of sp³-hybridized carbons (Fsp3) is 0.107. The van der Waals surface area contributed by atoms with E-state index in [9.17, 15) is 9.90 Å². The number of rotatable bonds is 11. The lowest BCUT2D eigenvalue weighted by Crippen LogP contribution is -2.38. The number of aromatic nitrogens is 1. The Morgan fingerprint density at radius 1 is 0.971 bits per heavy atom. The van der Waals surface area contributed by atoms with Crippen LogP contribution in [0.15, 0.2) is 114 Å². The molecule has 1 aromatic heterocycles. The van der Waals surface area contributed by atoms with Gasteiger partial charge in [0.1, 0.15) is 17.8 Å². The maximum atomic E-state index is 11.8. The van der Waals surface area contributed by atoms with Crippen molar-refractivity contribution < 1.29 is 14.7 Å². The molecule has 0 atom stereocenters. The molecule has 0 aliphatic carbocycles. The highest BCUT2D eigenvalue weighted by Gasteiger charge is 2.37. The third kappa shape index (κ3) is 5.31. The number of nitrogens with zero attached hydrogens (tertiary/aromatic N) is 2. The van der Waals surface area contributed by atoms with Gasteiger partial charge >= 0.3 is 5.97 Å². The average Bonchev–Trinajstić information content (AvgIpc) is 3.36. The summed E-state index contributed by atoms with van der Waals surface area (Å²) in [7, 11) is 0. The second-order valence-corrected chi connectivity index (χ2v) is 8.52. The molecule has 35 heavy (non-hydrogen) atoms. The molecular formula is C28H25N3O3S. The molecule has 0 spiro atoms. The van der Waals surface area contributed by atoms with E-state index in [-0.39, 0.29) is 18.0 Å². The highest BCUT2D eigenvalue weighted by atomic mass is 32.1. The summed E-state index contributed by atoms with van der Waals surface area (Å²) in [4.78, 5) is 21.6. The van der Waals surface area contributed by atoms with Gasteiger partial charge in [-0.05, 0) is 16.7 Å². The average molecular weight is 484 g/mol. The standard InChI is InChI=1S/C28H25N3O3S/c1-2-3-19-34-31-25(26(32)33)24-20-35-27(29-24)30-28(21-13-7-4-8-14-21,22-15-9-5-10-16-22)23-17-11-6-12-18-23/h2,4-18,20H,1,3,19H2,(H,29,30)(H,32,33). The van der Waals surface area contributed by atoms with Gasteiger partial charge in [-0.2, -0.15) is 0 Å². The van der Waals surface area contributed by atoms with Crippen LogP contribution >= 0.6 is 11.3 Å². The molecule has 0 radical (unpaired) electrons. The summed E-state index contributed by atoms with van der Waals surface area (Å²) >= 11 is 1.31. The second-order valence-electron chi connectivity index (χ2n) is 7.67. The number of nitrogens with one attached hydrogen (secondary N) is 1. The first-order chi connectivity index (χ1) is 17.1. The molecule has 4 rings (SSSR count). The number of anilines is 1. The van der Waals surface area contributed by atoms with Crippen molar-refractivity contribution in [2.24, 2.45) is 5.16 Å². The largest absolute Gasteiger partial charge is 0.476 e. The highest BCUT2D eigenvalue weighted by molar-refractivity contribution is 7.14. The molecule has 0 unspecified atom stereocenters. The minimum atomic E-state index is -1.21. The Hall–Kier alpha value is -4.23. The van der Waals surface area contributed by atoms with Crippen molar-refractivity contribution in [3.8, 4) is 0 Å². The molecule has 0 aliphatic rings. The van der Waals surface area contributed by atoms with Gasteiger partial charge in [0.15, 0.2) is 5.13 Å². The number of carboxylic acids is 1. The number of hydrogen-bond donors (Lipinski definition) is 2. The Labute approximate surface area is 208 Å². The van der Waals surface area contributed by atoms with Crippen LogP contribution in [0, 0.1) is 0 Å². The maximum Gasteiger partial charge on any atom is 0.360 e. The highest BCUT2D eigenvalue weighted by Crippen LogP contribution is 2.40. The van der Waals surface area contributed by atoms with Crippen LogP contribution in [-0.2, 0) is 15.2 Å². The van der Waals surface area contributed by atoms with E-state index < -0.39 is 11.5 Å². The Kier molecular flexibility index (Phi) is 7.70. The first-order valence-electron chi connectivity index (χ1n) is 11.1. The summed E-state index contributed by atoms with van der Waals surface area (Å²) in [5, 5.41) is 19.3. The van der Waals surface area contributed by atoms with Crippen molar-refractivity contribution in [2.75, 3.05) is 11.9 Å². The van der Waals surface area contributed by atoms with Gasteiger partial charge in [-0.25, -0.2) is 9.78 Å². The van der Waals surface area contributed by atoms with Crippen molar-refractivity contribution in [1.29, 1.82) is 0 Å². The van der Waals surface area contributed by atoms with Crippen LogP contribution < -0.4 is 5.32 Å². The monoisotopic (exact) mass is 483 g/mol. The lowest BCUT2D eigenvalue weighted by molar-refractivity contribution is -0.129. The lowest BCUT2D eigenvalue weighted by Gasteiger charge is -2.36. The van der Waals surface area contributed by atoms with Crippen LogP contribution in [0.5, 0.6) is 0 Å². The summed E-state index contributed by atoms with van der Waals surface area (Å²) in [6, 6.07) is 30.4. The summed E-state index contributed by atoms with van der Waals surface area (Å²) in [6.07, 6.45) is 2.24. The fourth-order valence-electron chi connectivity index (χ4n) is 3.82. The molecular weight excluding hydrogens is 458 g/mol. The molecule has 0 bridgehead atoms. The van der Waals surface area contributed by atoms with E-state index in [1.165, 1.54) is 11.3 Å². The molecule has 0 amide bonds. The van der Waals surface area contributed by atoms with Gasteiger partial charge in [-0.1, -0.05) is 102 Å². The van der Waals surface area contributed by atoms with Crippen molar-refractivity contribution in [3.05, 3.63) is 131 Å². The Bertz CT molecular complexity index is 1190. The molecule has 4 aromatic rings. The van der Waals surface area contributed by atoms with Gasteiger partial charge in [0, 0.05) is 11.8 Å². The van der Waals surface area contributed by atoms with Gasteiger partial charge < -0.3 is 15.3 Å². The van der Waals surface area contributed by atoms with E-state index in [2.05, 4.69) is 58.4 Å². The lowest BCUT2D eigenvalue weighted by atomic mass is 9.77. The Morgan fingerprint density at radius 3 is 1.94 bits per heavy atom. The molecule has 0 aliphatic heterocycles. The SMILES string of the molecule is C=CCCON=C(C(=O)O)c1csc(NC(c2ccccc2)(c2ccccc2)c2ccccc2)n1. The van der Waals surface area contributed by atoms with Crippen LogP contribution in [0.3, 0.4) is 0 Å². The van der Waals surface area contributed by atoms with Crippen LogP contribution in [0.1, 0.15) is 28.8 Å². The van der Waals surface area contributed by atoms with E-state index in [0.717, 1.165) is 16.7 Å². The Morgan fingerprint density at radius 2 is 1.49 bits per heavy atom. The predicted octanol–water partition coefficient (Wildman–Crippen LogP) is 5.93. The fourth-order valence-corrected chi connectivity index (χ4v) is 4.57. The number of benzene rings is 3. The second kappa shape index (κ2) is 11.3. The Balaban J connectivity index is 1.80. The van der Waals surface area contributed by atoms with Crippen LogP contribution in [-0.4, -0.2) is 28.4 Å². The van der Waals surface area contributed by atoms with Crippen molar-refractivity contribution >= 4 is 28.1 Å². The number of thiazole rings is 1. The van der Waals surface area contributed by atoms with Crippen LogP contribution in [0.4, 0.5) is 5.13 Å². The summed E-state index contributed by atoms with van der Waals surface area (Å²) in [5.74, 6) is -1.21. The van der Waals surface area contributed by atoms with E-state index in [4.69, 9.17) is 4.84 Å². The molecule has 3 aromatic carbocycles. The number of hydrogen-bond acceptors (Lipinski definition) is 6. The molecule has 6 nitrogen and oxygen atoms in total.